The van der Waals surface area contributed by atoms with Crippen LogP contribution in [0.15, 0.2) is 67.3 Å². The molecule has 6 nitrogen and oxygen atoms in total. The summed E-state index contributed by atoms with van der Waals surface area (Å²) >= 11 is 0. The lowest BCUT2D eigenvalue weighted by Gasteiger charge is -2.32. The van der Waals surface area contributed by atoms with Crippen molar-refractivity contribution in [3.8, 4) is 5.75 Å². The molecule has 0 radical (unpaired) electrons. The minimum absolute atomic E-state index is 0.00150. The SMILES string of the molecule is C=CCNC(=O)N1CCC(Cn2c(COc3ccccc3)nc3ccccc32)CC1. The Labute approximate surface area is 177 Å². The van der Waals surface area contributed by atoms with Crippen LogP contribution >= 0.6 is 0 Å². The fraction of sp³-hybridized carbons (Fsp3) is 0.333. The summed E-state index contributed by atoms with van der Waals surface area (Å²) < 4.78 is 8.27. The molecule has 0 spiro atoms. The molecule has 2 aromatic carbocycles. The Balaban J connectivity index is 1.44. The van der Waals surface area contributed by atoms with E-state index in [0.29, 0.717) is 19.1 Å². The van der Waals surface area contributed by atoms with E-state index in [1.165, 1.54) is 0 Å². The Morgan fingerprint density at radius 2 is 1.87 bits per heavy atom. The summed E-state index contributed by atoms with van der Waals surface area (Å²) in [6.07, 6.45) is 3.66. The Kier molecular flexibility index (Phi) is 6.32. The Hall–Kier alpha value is -3.28. The summed E-state index contributed by atoms with van der Waals surface area (Å²) in [5, 5.41) is 2.87. The molecule has 0 aliphatic carbocycles. The van der Waals surface area contributed by atoms with Crippen LogP contribution in [0.25, 0.3) is 11.0 Å². The molecule has 1 aliphatic heterocycles. The van der Waals surface area contributed by atoms with Gasteiger partial charge in [0, 0.05) is 26.2 Å². The van der Waals surface area contributed by atoms with E-state index in [4.69, 9.17) is 9.72 Å². The number of fused-ring (bicyclic) bond motifs is 1. The molecular weight excluding hydrogens is 376 g/mol. The maximum Gasteiger partial charge on any atom is 0.317 e. The third-order valence-corrected chi connectivity index (χ3v) is 5.58. The van der Waals surface area contributed by atoms with E-state index in [2.05, 4.69) is 28.6 Å². The molecule has 2 amide bonds. The van der Waals surface area contributed by atoms with Crippen LogP contribution in [0.5, 0.6) is 5.75 Å². The third-order valence-electron chi connectivity index (χ3n) is 5.58. The lowest BCUT2D eigenvalue weighted by Crippen LogP contribution is -2.45. The van der Waals surface area contributed by atoms with E-state index in [1.54, 1.807) is 6.08 Å². The molecule has 3 aromatic rings. The van der Waals surface area contributed by atoms with Crippen LogP contribution in [0.4, 0.5) is 4.79 Å². The summed E-state index contributed by atoms with van der Waals surface area (Å²) in [6.45, 7) is 7.02. The van der Waals surface area contributed by atoms with Gasteiger partial charge in [-0.25, -0.2) is 9.78 Å². The summed E-state index contributed by atoms with van der Waals surface area (Å²) in [5.41, 5.74) is 2.13. The number of carbonyl (C=O) groups is 1. The van der Waals surface area contributed by atoms with E-state index in [0.717, 1.165) is 55.1 Å². The summed E-state index contributed by atoms with van der Waals surface area (Å²) in [5.74, 6) is 2.28. The van der Waals surface area contributed by atoms with Crippen molar-refractivity contribution in [2.45, 2.75) is 26.0 Å². The van der Waals surface area contributed by atoms with E-state index in [-0.39, 0.29) is 6.03 Å². The van der Waals surface area contributed by atoms with E-state index >= 15 is 0 Å². The monoisotopic (exact) mass is 404 g/mol. The van der Waals surface area contributed by atoms with Crippen molar-refractivity contribution >= 4 is 17.1 Å². The first kappa shape index (κ1) is 20.0. The fourth-order valence-electron chi connectivity index (χ4n) is 3.95. The maximum absolute atomic E-state index is 12.2. The smallest absolute Gasteiger partial charge is 0.317 e. The second kappa shape index (κ2) is 9.48. The van der Waals surface area contributed by atoms with Crippen molar-refractivity contribution in [1.82, 2.24) is 19.8 Å². The van der Waals surface area contributed by atoms with Crippen molar-refractivity contribution in [3.63, 3.8) is 0 Å². The highest BCUT2D eigenvalue weighted by molar-refractivity contribution is 5.76. The molecule has 1 saturated heterocycles. The van der Waals surface area contributed by atoms with Gasteiger partial charge < -0.3 is 19.5 Å². The second-order valence-corrected chi connectivity index (χ2v) is 7.63. The number of nitrogens with zero attached hydrogens (tertiary/aromatic N) is 3. The lowest BCUT2D eigenvalue weighted by molar-refractivity contribution is 0.166. The van der Waals surface area contributed by atoms with Gasteiger partial charge in [-0.2, -0.15) is 0 Å². The number of aromatic nitrogens is 2. The second-order valence-electron chi connectivity index (χ2n) is 7.63. The first-order valence-corrected chi connectivity index (χ1v) is 10.5. The number of hydrogen-bond acceptors (Lipinski definition) is 3. The van der Waals surface area contributed by atoms with Crippen LogP contribution in [0, 0.1) is 5.92 Å². The highest BCUT2D eigenvalue weighted by Crippen LogP contribution is 2.24. The van der Waals surface area contributed by atoms with Crippen LogP contribution < -0.4 is 10.1 Å². The van der Waals surface area contributed by atoms with Crippen LogP contribution in [0.1, 0.15) is 18.7 Å². The number of urea groups is 1. The topological polar surface area (TPSA) is 59.4 Å². The summed E-state index contributed by atoms with van der Waals surface area (Å²) in [6, 6.07) is 18.1. The highest BCUT2D eigenvalue weighted by atomic mass is 16.5. The van der Waals surface area contributed by atoms with Gasteiger partial charge in [-0.15, -0.1) is 6.58 Å². The molecule has 6 heteroatoms. The summed E-state index contributed by atoms with van der Waals surface area (Å²) in [4.78, 5) is 18.9. The van der Waals surface area contributed by atoms with E-state index in [9.17, 15) is 4.79 Å². The zero-order chi connectivity index (χ0) is 20.8. The number of rotatable bonds is 7. The van der Waals surface area contributed by atoms with Gasteiger partial charge in [0.1, 0.15) is 18.2 Å². The predicted molar refractivity (Wildman–Crippen MR) is 118 cm³/mol. The number of para-hydroxylation sites is 3. The summed E-state index contributed by atoms with van der Waals surface area (Å²) in [7, 11) is 0. The third kappa shape index (κ3) is 4.64. The molecule has 0 saturated carbocycles. The number of ether oxygens (including phenoxy) is 1. The quantitative estimate of drug-likeness (QED) is 0.600. The number of piperidine rings is 1. The predicted octanol–water partition coefficient (Wildman–Crippen LogP) is 4.22. The molecule has 1 N–H and O–H groups in total. The number of imidazole rings is 1. The van der Waals surface area contributed by atoms with Crippen LogP contribution in [-0.4, -0.2) is 40.1 Å². The minimum atomic E-state index is -0.00150. The number of hydrogen-bond donors (Lipinski definition) is 1. The number of amides is 2. The van der Waals surface area contributed by atoms with Gasteiger partial charge in [-0.05, 0) is 43.0 Å². The Morgan fingerprint density at radius 1 is 1.13 bits per heavy atom. The standard InChI is InChI=1S/C24H28N4O2/c1-2-14-25-24(29)27-15-12-19(13-16-27)17-28-22-11-7-6-10-21(22)26-23(28)18-30-20-8-4-3-5-9-20/h2-11,19H,1,12-18H2,(H,25,29). The first-order chi connectivity index (χ1) is 14.7. The molecule has 2 heterocycles. The molecule has 1 fully saturated rings. The maximum atomic E-state index is 12.2. The van der Waals surface area contributed by atoms with Gasteiger partial charge >= 0.3 is 6.03 Å². The highest BCUT2D eigenvalue weighted by Gasteiger charge is 2.24. The van der Waals surface area contributed by atoms with E-state index < -0.39 is 0 Å². The minimum Gasteiger partial charge on any atom is -0.486 e. The first-order valence-electron chi connectivity index (χ1n) is 10.5. The van der Waals surface area contributed by atoms with Crippen molar-refractivity contribution < 1.29 is 9.53 Å². The number of carbonyl (C=O) groups excluding carboxylic acids is 1. The lowest BCUT2D eigenvalue weighted by atomic mass is 9.96. The fourth-order valence-corrected chi connectivity index (χ4v) is 3.95. The van der Waals surface area contributed by atoms with Gasteiger partial charge in [-0.1, -0.05) is 36.4 Å². The molecule has 1 aliphatic rings. The average Bonchev–Trinajstić information content (AvgIpc) is 3.14. The van der Waals surface area contributed by atoms with Crippen molar-refractivity contribution in [3.05, 3.63) is 73.1 Å². The van der Waals surface area contributed by atoms with Crippen molar-refractivity contribution in [1.29, 1.82) is 0 Å². The van der Waals surface area contributed by atoms with Gasteiger partial charge in [0.25, 0.3) is 0 Å². The molecule has 1 aromatic heterocycles. The zero-order valence-corrected chi connectivity index (χ0v) is 17.2. The molecule has 0 atom stereocenters. The van der Waals surface area contributed by atoms with Crippen molar-refractivity contribution in [2.75, 3.05) is 19.6 Å². The van der Waals surface area contributed by atoms with Gasteiger partial charge in [0.05, 0.1) is 11.0 Å². The molecule has 0 bridgehead atoms. The van der Waals surface area contributed by atoms with Gasteiger partial charge in [-0.3, -0.25) is 0 Å². The average molecular weight is 405 g/mol. The molecular formula is C24H28N4O2. The molecule has 30 heavy (non-hydrogen) atoms. The Bertz CT molecular complexity index is 991. The number of likely N-dealkylation sites (tertiary alicyclic amines) is 1. The van der Waals surface area contributed by atoms with Crippen LogP contribution in [-0.2, 0) is 13.2 Å². The number of benzene rings is 2. The van der Waals surface area contributed by atoms with Gasteiger partial charge in [0.15, 0.2) is 0 Å². The van der Waals surface area contributed by atoms with Crippen LogP contribution in [0.2, 0.25) is 0 Å². The van der Waals surface area contributed by atoms with Crippen LogP contribution in [0.3, 0.4) is 0 Å². The zero-order valence-electron chi connectivity index (χ0n) is 17.2. The van der Waals surface area contributed by atoms with Gasteiger partial charge in [0.2, 0.25) is 0 Å². The molecule has 4 rings (SSSR count). The Morgan fingerprint density at radius 3 is 2.63 bits per heavy atom. The van der Waals surface area contributed by atoms with Crippen molar-refractivity contribution in [2.24, 2.45) is 5.92 Å². The molecule has 156 valence electrons. The normalized spacial score (nSPS) is 14.6. The van der Waals surface area contributed by atoms with E-state index in [1.807, 2.05) is 47.4 Å². The number of nitrogens with one attached hydrogen (secondary N) is 1. The largest absolute Gasteiger partial charge is 0.486 e. The molecule has 0 unspecified atom stereocenters.